The van der Waals surface area contributed by atoms with Crippen LogP contribution in [0.5, 0.6) is 5.75 Å². The first-order valence-electron chi connectivity index (χ1n) is 15.8. The van der Waals surface area contributed by atoms with Crippen molar-refractivity contribution < 1.29 is 32.6 Å². The van der Waals surface area contributed by atoms with Gasteiger partial charge >= 0.3 is 0 Å². The number of ether oxygens (including phenoxy) is 2. The number of nitrogens with one attached hydrogen (secondary N) is 4. The first-order valence-corrected chi connectivity index (χ1v) is 16.2. The van der Waals surface area contributed by atoms with Gasteiger partial charge in [-0.05, 0) is 50.4 Å². The minimum absolute atomic E-state index is 0. The van der Waals surface area contributed by atoms with E-state index in [4.69, 9.17) is 21.1 Å². The fourth-order valence-corrected chi connectivity index (χ4v) is 5.81. The first kappa shape index (κ1) is 38.0. The summed E-state index contributed by atoms with van der Waals surface area (Å²) in [6.45, 7) is 8.50. The molecule has 2 saturated heterocycles. The molecular weight excluding hydrogens is 683 g/mol. The fourth-order valence-electron chi connectivity index (χ4n) is 5.65. The van der Waals surface area contributed by atoms with Crippen LogP contribution in [-0.2, 0) is 19.1 Å². The van der Waals surface area contributed by atoms with Crippen LogP contribution in [-0.4, -0.2) is 83.6 Å². The lowest BCUT2D eigenvalue weighted by Crippen LogP contribution is -2.59. The van der Waals surface area contributed by atoms with E-state index >= 15 is 0 Å². The van der Waals surface area contributed by atoms with E-state index in [-0.39, 0.29) is 47.5 Å². The van der Waals surface area contributed by atoms with Crippen molar-refractivity contribution in [3.8, 4) is 5.75 Å². The van der Waals surface area contributed by atoms with Crippen LogP contribution >= 0.6 is 24.0 Å². The van der Waals surface area contributed by atoms with Gasteiger partial charge in [0.25, 0.3) is 0 Å². The summed E-state index contributed by atoms with van der Waals surface area (Å²) in [5, 5.41) is 11.3. The molecule has 2 aromatic carbocycles. The maximum atomic E-state index is 14.8. The van der Waals surface area contributed by atoms with Gasteiger partial charge in [-0.25, -0.2) is 18.7 Å². The smallest absolute Gasteiger partial charge is 0.247 e. The maximum absolute atomic E-state index is 14.8. The number of carbonyl (C=O) groups is 3. The second-order valence-corrected chi connectivity index (χ2v) is 13.4. The molecule has 266 valence electrons. The quantitative estimate of drug-likeness (QED) is 0.213. The number of amides is 3. The standard InChI is InChI=1S/C33H40ClF2N7O5.ClH/c1-17(37-5)30(44)42-28(33(2,3)4)32(46)43-11-6-7-24(43)31(45)41-23-13-19-22(14-25(23)48-18-10-12-47-15-18)38-16-39-29(19)40-21-9-8-20(35)26(34)27(21)36;/h8-9,13-14,16-18,24,28,37H,6-7,10-12,15H2,1-5H3,(H,41,45)(H,42,44)(H,38,39,40);1H/t17-,18-,24?,28+;/m0./s1. The Morgan fingerprint density at radius 1 is 1.12 bits per heavy atom. The molecule has 0 aliphatic carbocycles. The van der Waals surface area contributed by atoms with Crippen molar-refractivity contribution in [2.75, 3.05) is 37.4 Å². The number of anilines is 3. The van der Waals surface area contributed by atoms with Gasteiger partial charge in [-0.2, -0.15) is 0 Å². The minimum atomic E-state index is -0.991. The summed E-state index contributed by atoms with van der Waals surface area (Å²) in [5.41, 5.74) is -0.0486. The number of halogens is 4. The van der Waals surface area contributed by atoms with Crippen LogP contribution in [0, 0.1) is 17.0 Å². The average Bonchev–Trinajstić information content (AvgIpc) is 3.76. The Bertz CT molecular complexity index is 1700. The molecule has 3 amide bonds. The molecule has 3 heterocycles. The number of hydrogen-bond acceptors (Lipinski definition) is 9. The third kappa shape index (κ3) is 8.48. The second-order valence-electron chi connectivity index (χ2n) is 13.0. The zero-order valence-corrected chi connectivity index (χ0v) is 29.4. The van der Waals surface area contributed by atoms with Crippen molar-refractivity contribution in [2.24, 2.45) is 5.41 Å². The van der Waals surface area contributed by atoms with Crippen molar-refractivity contribution in [1.82, 2.24) is 25.5 Å². The number of rotatable bonds is 10. The van der Waals surface area contributed by atoms with Crippen LogP contribution in [0.2, 0.25) is 5.02 Å². The van der Waals surface area contributed by atoms with E-state index in [0.29, 0.717) is 55.7 Å². The predicted octanol–water partition coefficient (Wildman–Crippen LogP) is 4.96. The summed E-state index contributed by atoms with van der Waals surface area (Å²) >= 11 is 5.79. The molecule has 49 heavy (non-hydrogen) atoms. The van der Waals surface area contributed by atoms with E-state index in [2.05, 4.69) is 31.2 Å². The number of likely N-dealkylation sites (tertiary alicyclic amines) is 1. The Balaban J connectivity index is 0.00000541. The van der Waals surface area contributed by atoms with Crippen LogP contribution in [0.1, 0.15) is 47.0 Å². The predicted molar refractivity (Wildman–Crippen MR) is 185 cm³/mol. The van der Waals surface area contributed by atoms with E-state index < -0.39 is 46.1 Å². The van der Waals surface area contributed by atoms with Gasteiger partial charge in [-0.15, -0.1) is 12.4 Å². The Kier molecular flexibility index (Phi) is 12.2. The summed E-state index contributed by atoms with van der Waals surface area (Å²) in [5.74, 6) is -2.52. The van der Waals surface area contributed by atoms with E-state index in [1.807, 2.05) is 20.8 Å². The number of nitrogens with zero attached hydrogens (tertiary/aromatic N) is 3. The zero-order valence-electron chi connectivity index (χ0n) is 27.9. The van der Waals surface area contributed by atoms with Crippen molar-refractivity contribution in [1.29, 1.82) is 0 Å². The average molecular weight is 725 g/mol. The molecule has 0 spiro atoms. The Hall–Kier alpha value is -3.85. The molecule has 0 radical (unpaired) electrons. The largest absolute Gasteiger partial charge is 0.486 e. The van der Waals surface area contributed by atoms with E-state index in [9.17, 15) is 23.2 Å². The molecule has 2 aliphatic heterocycles. The molecule has 4 N–H and O–H groups in total. The summed E-state index contributed by atoms with van der Waals surface area (Å²) in [6.07, 6.45) is 2.65. The molecule has 3 aromatic rings. The molecule has 16 heteroatoms. The molecule has 2 aliphatic rings. The summed E-state index contributed by atoms with van der Waals surface area (Å²) in [4.78, 5) is 50.8. The van der Waals surface area contributed by atoms with Gasteiger partial charge in [0.2, 0.25) is 17.7 Å². The highest BCUT2D eigenvalue weighted by Crippen LogP contribution is 2.36. The number of fused-ring (bicyclic) bond motifs is 1. The molecule has 1 unspecified atom stereocenters. The Labute approximate surface area is 294 Å². The van der Waals surface area contributed by atoms with Gasteiger partial charge in [0.1, 0.15) is 46.9 Å². The molecule has 2 fully saturated rings. The highest BCUT2D eigenvalue weighted by molar-refractivity contribution is 6.31. The summed E-state index contributed by atoms with van der Waals surface area (Å²) in [7, 11) is 1.66. The summed E-state index contributed by atoms with van der Waals surface area (Å²) in [6, 6.07) is 3.25. The Morgan fingerprint density at radius 3 is 2.55 bits per heavy atom. The molecule has 12 nitrogen and oxygen atoms in total. The minimum Gasteiger partial charge on any atom is -0.486 e. The van der Waals surface area contributed by atoms with Gasteiger partial charge in [0, 0.05) is 24.4 Å². The number of aromatic nitrogens is 2. The van der Waals surface area contributed by atoms with Gasteiger partial charge in [0.15, 0.2) is 5.82 Å². The van der Waals surface area contributed by atoms with Crippen LogP contribution in [0.25, 0.3) is 10.9 Å². The SMILES string of the molecule is CN[C@@H](C)C(=O)N[C@H](C(=O)N1CCCC1C(=O)Nc1cc2c(Nc3ccc(F)c(Cl)c3F)ncnc2cc1O[C@H]1CCOC1)C(C)(C)C.Cl. The van der Waals surface area contributed by atoms with Crippen molar-refractivity contribution >= 4 is 69.8 Å². The molecule has 5 rings (SSSR count). The van der Waals surface area contributed by atoms with Crippen LogP contribution in [0.4, 0.5) is 26.0 Å². The molecule has 0 bridgehead atoms. The topological polar surface area (TPSA) is 147 Å². The van der Waals surface area contributed by atoms with Gasteiger partial charge in [-0.3, -0.25) is 14.4 Å². The van der Waals surface area contributed by atoms with Crippen molar-refractivity contribution in [3.63, 3.8) is 0 Å². The van der Waals surface area contributed by atoms with Crippen LogP contribution in [0.15, 0.2) is 30.6 Å². The van der Waals surface area contributed by atoms with E-state index in [1.165, 1.54) is 17.3 Å². The highest BCUT2D eigenvalue weighted by atomic mass is 35.5. The van der Waals surface area contributed by atoms with Crippen LogP contribution < -0.4 is 26.0 Å². The lowest BCUT2D eigenvalue weighted by Gasteiger charge is -2.36. The first-order chi connectivity index (χ1) is 22.8. The summed E-state index contributed by atoms with van der Waals surface area (Å²) < 4.78 is 40.3. The number of likely N-dealkylation sites (N-methyl/N-ethyl adjacent to an activating group) is 1. The monoisotopic (exact) mass is 723 g/mol. The Morgan fingerprint density at radius 2 is 1.88 bits per heavy atom. The number of benzene rings is 2. The van der Waals surface area contributed by atoms with E-state index in [1.54, 1.807) is 26.1 Å². The molecule has 4 atom stereocenters. The third-order valence-electron chi connectivity index (χ3n) is 8.53. The maximum Gasteiger partial charge on any atom is 0.247 e. The molecule has 1 aromatic heterocycles. The lowest BCUT2D eigenvalue weighted by molar-refractivity contribution is -0.143. The van der Waals surface area contributed by atoms with Crippen molar-refractivity contribution in [3.05, 3.63) is 47.2 Å². The third-order valence-corrected chi connectivity index (χ3v) is 8.88. The van der Waals surface area contributed by atoms with Gasteiger partial charge in [0.05, 0.1) is 36.1 Å². The lowest BCUT2D eigenvalue weighted by atomic mass is 9.85. The van der Waals surface area contributed by atoms with Crippen molar-refractivity contribution in [2.45, 2.75) is 71.2 Å². The highest BCUT2D eigenvalue weighted by Gasteiger charge is 2.42. The van der Waals surface area contributed by atoms with Crippen LogP contribution in [0.3, 0.4) is 0 Å². The molecule has 0 saturated carbocycles. The van der Waals surface area contributed by atoms with Gasteiger partial charge in [-0.1, -0.05) is 32.4 Å². The second kappa shape index (κ2) is 15.8. The molecular formula is C33H41Cl2F2N7O5. The fraction of sp³-hybridized carbons (Fsp3) is 0.485. The number of carbonyl (C=O) groups excluding carboxylic acids is 3. The normalized spacial score (nSPS) is 18.8. The van der Waals surface area contributed by atoms with Gasteiger partial charge < -0.3 is 35.6 Å². The zero-order chi connectivity index (χ0) is 34.7. The van der Waals surface area contributed by atoms with E-state index in [0.717, 1.165) is 6.07 Å². The number of hydrogen-bond donors (Lipinski definition) is 4.